The molecule has 0 saturated carbocycles. The Morgan fingerprint density at radius 3 is 2.11 bits per heavy atom. The number of anilines is 2. The lowest BCUT2D eigenvalue weighted by Gasteiger charge is -2.17. The molecule has 2 aromatic carbocycles. The average Bonchev–Trinajstić information content (AvgIpc) is 3.06. The number of carbonyl (C=O) groups excluding carboxylic acids is 1. The summed E-state index contributed by atoms with van der Waals surface area (Å²) < 4.78 is 93.8. The number of benzene rings is 2. The molecule has 3 rings (SSSR count). The molecule has 0 aromatic heterocycles. The Kier molecular flexibility index (Phi) is 5.10. The van der Waals surface area contributed by atoms with Gasteiger partial charge in [0, 0.05) is 18.8 Å². The molecule has 2 amide bonds. The summed E-state index contributed by atoms with van der Waals surface area (Å²) >= 11 is 5.86. The molecule has 2 aromatic rings. The van der Waals surface area contributed by atoms with Crippen molar-refractivity contribution in [2.45, 2.75) is 4.90 Å². The maximum Gasteiger partial charge on any atom is 0.321 e. The smallest absolute Gasteiger partial charge is 0.321 e. The van der Waals surface area contributed by atoms with E-state index in [1.807, 2.05) is 0 Å². The first-order valence-corrected chi connectivity index (χ1v) is 9.30. The van der Waals surface area contributed by atoms with Gasteiger partial charge in [0.05, 0.1) is 10.7 Å². The number of nitrogens with zero attached hydrogens (tertiary/aromatic N) is 1. The van der Waals surface area contributed by atoms with Crippen LogP contribution in [-0.4, -0.2) is 27.5 Å². The van der Waals surface area contributed by atoms with Crippen LogP contribution in [0.5, 0.6) is 0 Å². The van der Waals surface area contributed by atoms with Gasteiger partial charge in [-0.2, -0.15) is 0 Å². The number of carbonyl (C=O) groups is 1. The molecular weight excluding hydrogens is 433 g/mol. The van der Waals surface area contributed by atoms with Crippen LogP contribution in [0.15, 0.2) is 23.1 Å². The second-order valence-electron chi connectivity index (χ2n) is 5.55. The summed E-state index contributed by atoms with van der Waals surface area (Å²) in [7, 11) is -5.26. The highest BCUT2D eigenvalue weighted by molar-refractivity contribution is 7.92. The molecule has 150 valence electrons. The molecule has 2 N–H and O–H groups in total. The van der Waals surface area contributed by atoms with E-state index in [4.69, 9.17) is 11.6 Å². The number of amides is 2. The number of sulfonamides is 1. The zero-order valence-corrected chi connectivity index (χ0v) is 15.1. The average molecular weight is 442 g/mol. The number of hydrogen-bond acceptors (Lipinski definition) is 3. The SMILES string of the molecule is O=C1NCCN1c1ccc(Cl)c(NS(=O)(=O)c2c(F)c(F)c(F)c(F)c2F)c1. The highest BCUT2D eigenvalue weighted by Gasteiger charge is 2.34. The predicted octanol–water partition coefficient (Wildman–Crippen LogP) is 3.37. The maximum atomic E-state index is 13.8. The summed E-state index contributed by atoms with van der Waals surface area (Å²) in [6.07, 6.45) is 0. The summed E-state index contributed by atoms with van der Waals surface area (Å²) in [5.74, 6) is -12.3. The van der Waals surface area contributed by atoms with Gasteiger partial charge in [0.2, 0.25) is 5.82 Å². The Labute approximate surface area is 159 Å². The molecule has 6 nitrogen and oxygen atoms in total. The molecule has 1 aliphatic heterocycles. The summed E-state index contributed by atoms with van der Waals surface area (Å²) in [5, 5.41) is 2.27. The van der Waals surface area contributed by atoms with Crippen molar-refractivity contribution in [1.82, 2.24) is 5.32 Å². The van der Waals surface area contributed by atoms with Crippen molar-refractivity contribution >= 4 is 39.0 Å². The highest BCUT2D eigenvalue weighted by atomic mass is 35.5. The molecule has 1 fully saturated rings. The Bertz CT molecular complexity index is 1070. The van der Waals surface area contributed by atoms with Gasteiger partial charge in [0.1, 0.15) is 0 Å². The molecule has 0 unspecified atom stereocenters. The van der Waals surface area contributed by atoms with E-state index in [2.05, 4.69) is 5.32 Å². The van der Waals surface area contributed by atoms with Crippen LogP contribution >= 0.6 is 11.6 Å². The van der Waals surface area contributed by atoms with Crippen molar-refractivity contribution in [3.05, 3.63) is 52.3 Å². The van der Waals surface area contributed by atoms with E-state index in [-0.39, 0.29) is 17.3 Å². The summed E-state index contributed by atoms with van der Waals surface area (Å²) in [5.41, 5.74) is -0.239. The third-order valence-corrected chi connectivity index (χ3v) is 5.52. The molecule has 0 spiro atoms. The standard InChI is InChI=1S/C15H9ClF5N3O3S/c16-7-2-1-6(24-4-3-22-15(24)25)5-8(7)23-28(26,27)14-12(20)10(18)9(17)11(19)13(14)21/h1-2,5,23H,3-4H2,(H,22,25). The molecule has 1 aliphatic rings. The summed E-state index contributed by atoms with van der Waals surface area (Å²) in [6.45, 7) is 0.581. The monoisotopic (exact) mass is 441 g/mol. The fourth-order valence-corrected chi connectivity index (χ4v) is 3.93. The minimum absolute atomic E-state index is 0.189. The van der Waals surface area contributed by atoms with E-state index in [0.717, 1.165) is 6.07 Å². The van der Waals surface area contributed by atoms with Crippen LogP contribution in [0.1, 0.15) is 0 Å². The summed E-state index contributed by atoms with van der Waals surface area (Å²) in [6, 6.07) is 3.18. The Morgan fingerprint density at radius 1 is 1.00 bits per heavy atom. The first kappa shape index (κ1) is 20.1. The van der Waals surface area contributed by atoms with Crippen molar-refractivity contribution < 1.29 is 35.2 Å². The molecule has 1 saturated heterocycles. The van der Waals surface area contributed by atoms with Crippen LogP contribution in [-0.2, 0) is 10.0 Å². The quantitative estimate of drug-likeness (QED) is 0.434. The molecule has 28 heavy (non-hydrogen) atoms. The zero-order chi connectivity index (χ0) is 20.8. The molecule has 0 atom stereocenters. The van der Waals surface area contributed by atoms with E-state index < -0.39 is 55.7 Å². The fraction of sp³-hybridized carbons (Fsp3) is 0.133. The van der Waals surface area contributed by atoms with Gasteiger partial charge in [-0.05, 0) is 18.2 Å². The number of halogens is 6. The van der Waals surface area contributed by atoms with Crippen molar-refractivity contribution in [3.63, 3.8) is 0 Å². The van der Waals surface area contributed by atoms with Gasteiger partial charge in [-0.25, -0.2) is 35.2 Å². The van der Waals surface area contributed by atoms with Crippen LogP contribution < -0.4 is 14.9 Å². The lowest BCUT2D eigenvalue weighted by Crippen LogP contribution is -2.27. The Morgan fingerprint density at radius 2 is 1.57 bits per heavy atom. The number of nitrogens with one attached hydrogen (secondary N) is 2. The van der Waals surface area contributed by atoms with Gasteiger partial charge in [-0.1, -0.05) is 11.6 Å². The van der Waals surface area contributed by atoms with Gasteiger partial charge in [0.25, 0.3) is 10.0 Å². The third kappa shape index (κ3) is 3.33. The Balaban J connectivity index is 2.06. The second kappa shape index (κ2) is 7.09. The van der Waals surface area contributed by atoms with E-state index in [1.54, 1.807) is 4.72 Å². The van der Waals surface area contributed by atoms with Crippen molar-refractivity contribution in [3.8, 4) is 0 Å². The largest absolute Gasteiger partial charge is 0.336 e. The first-order chi connectivity index (χ1) is 13.0. The van der Waals surface area contributed by atoms with Gasteiger partial charge >= 0.3 is 6.03 Å². The fourth-order valence-electron chi connectivity index (χ4n) is 2.49. The number of rotatable bonds is 4. The molecule has 13 heteroatoms. The lowest BCUT2D eigenvalue weighted by molar-refractivity contribution is 0.252. The van der Waals surface area contributed by atoms with E-state index >= 15 is 0 Å². The van der Waals surface area contributed by atoms with Gasteiger partial charge in [-0.15, -0.1) is 0 Å². The van der Waals surface area contributed by atoms with Gasteiger partial charge < -0.3 is 5.32 Å². The topological polar surface area (TPSA) is 78.5 Å². The molecule has 1 heterocycles. The normalized spacial score (nSPS) is 14.4. The lowest BCUT2D eigenvalue weighted by atomic mass is 10.2. The van der Waals surface area contributed by atoms with E-state index in [1.165, 1.54) is 17.0 Å². The van der Waals surface area contributed by atoms with Gasteiger partial charge in [-0.3, -0.25) is 9.62 Å². The highest BCUT2D eigenvalue weighted by Crippen LogP contribution is 2.32. The molecule has 0 radical (unpaired) electrons. The minimum atomic E-state index is -5.26. The number of hydrogen-bond donors (Lipinski definition) is 2. The van der Waals surface area contributed by atoms with Crippen molar-refractivity contribution in [2.24, 2.45) is 0 Å². The van der Waals surface area contributed by atoms with Crippen molar-refractivity contribution in [1.29, 1.82) is 0 Å². The van der Waals surface area contributed by atoms with Crippen molar-refractivity contribution in [2.75, 3.05) is 22.7 Å². The van der Waals surface area contributed by atoms with Crippen LogP contribution in [0, 0.1) is 29.1 Å². The number of urea groups is 1. The maximum absolute atomic E-state index is 13.8. The molecule has 0 aliphatic carbocycles. The first-order valence-electron chi connectivity index (χ1n) is 7.43. The molecular formula is C15H9ClF5N3O3S. The van der Waals surface area contributed by atoms with Crippen LogP contribution in [0.3, 0.4) is 0 Å². The van der Waals surface area contributed by atoms with E-state index in [9.17, 15) is 35.2 Å². The zero-order valence-electron chi connectivity index (χ0n) is 13.5. The van der Waals surface area contributed by atoms with Crippen LogP contribution in [0.25, 0.3) is 0 Å². The van der Waals surface area contributed by atoms with E-state index in [0.29, 0.717) is 6.54 Å². The Hall–Kier alpha value is -2.60. The summed E-state index contributed by atoms with van der Waals surface area (Å²) in [4.78, 5) is 10.9. The predicted molar refractivity (Wildman–Crippen MR) is 89.2 cm³/mol. The molecule has 0 bridgehead atoms. The van der Waals surface area contributed by atoms with Crippen LogP contribution in [0.4, 0.5) is 38.1 Å². The van der Waals surface area contributed by atoms with Gasteiger partial charge in [0.15, 0.2) is 28.2 Å². The van der Waals surface area contributed by atoms with Crippen LogP contribution in [0.2, 0.25) is 5.02 Å². The second-order valence-corrected chi connectivity index (χ2v) is 7.58. The minimum Gasteiger partial charge on any atom is -0.336 e. The third-order valence-electron chi connectivity index (χ3n) is 3.80.